The van der Waals surface area contributed by atoms with Crippen molar-refractivity contribution in [2.75, 3.05) is 25.0 Å². The van der Waals surface area contributed by atoms with Crippen molar-refractivity contribution in [1.82, 2.24) is 5.32 Å². The third-order valence-corrected chi connectivity index (χ3v) is 5.88. The molecule has 1 spiro atoms. The zero-order valence-electron chi connectivity index (χ0n) is 18.1. The van der Waals surface area contributed by atoms with E-state index in [2.05, 4.69) is 16.7 Å². The first kappa shape index (κ1) is 21.4. The number of carbonyl (C=O) groups excluding carboxylic acids is 1. The van der Waals surface area contributed by atoms with Gasteiger partial charge in [-0.3, -0.25) is 4.79 Å². The van der Waals surface area contributed by atoms with Crippen molar-refractivity contribution in [2.24, 2.45) is 0 Å². The van der Waals surface area contributed by atoms with Crippen molar-refractivity contribution in [1.29, 1.82) is 0 Å². The number of carbonyl (C=O) groups is 1. The van der Waals surface area contributed by atoms with Gasteiger partial charge < -0.3 is 24.8 Å². The second-order valence-electron chi connectivity index (χ2n) is 8.25. The number of fused-ring (bicyclic) bond motifs is 1. The van der Waals surface area contributed by atoms with Crippen molar-refractivity contribution in [3.63, 3.8) is 0 Å². The van der Waals surface area contributed by atoms with Crippen LogP contribution in [0.25, 0.3) is 11.1 Å². The molecule has 170 valence electrons. The zero-order chi connectivity index (χ0) is 22.7. The van der Waals surface area contributed by atoms with Crippen molar-refractivity contribution >= 4 is 11.6 Å². The number of halogens is 1. The van der Waals surface area contributed by atoms with Gasteiger partial charge in [0.2, 0.25) is 5.79 Å². The second-order valence-corrected chi connectivity index (χ2v) is 8.25. The molecule has 0 aliphatic carbocycles. The Labute approximate surface area is 191 Å². The van der Waals surface area contributed by atoms with E-state index in [0.717, 1.165) is 48.4 Å². The molecule has 1 saturated heterocycles. The van der Waals surface area contributed by atoms with Crippen LogP contribution in [0.4, 0.5) is 10.1 Å². The summed E-state index contributed by atoms with van der Waals surface area (Å²) in [6.45, 7) is 2.13. The lowest BCUT2D eigenvalue weighted by atomic mass is 9.99. The van der Waals surface area contributed by atoms with Crippen molar-refractivity contribution < 1.29 is 23.4 Å². The molecule has 6 nitrogen and oxygen atoms in total. The van der Waals surface area contributed by atoms with E-state index in [1.807, 2.05) is 36.4 Å². The molecule has 3 aromatic carbocycles. The first-order valence-electron chi connectivity index (χ1n) is 11.0. The summed E-state index contributed by atoms with van der Waals surface area (Å²) in [4.78, 5) is 12.3. The highest BCUT2D eigenvalue weighted by Gasteiger charge is 2.38. The topological polar surface area (TPSA) is 68.8 Å². The molecule has 0 bridgehead atoms. The molecule has 0 radical (unpaired) electrons. The van der Waals surface area contributed by atoms with Crippen LogP contribution in [0.5, 0.6) is 11.5 Å². The molecule has 2 aliphatic rings. The summed E-state index contributed by atoms with van der Waals surface area (Å²) in [7, 11) is 0. The maximum absolute atomic E-state index is 13.0. The molecule has 0 unspecified atom stereocenters. The Hall–Kier alpha value is -3.42. The summed E-state index contributed by atoms with van der Waals surface area (Å²) in [5.74, 6) is 0.144. The Bertz CT molecular complexity index is 1140. The van der Waals surface area contributed by atoms with Crippen LogP contribution < -0.4 is 20.1 Å². The van der Waals surface area contributed by atoms with Gasteiger partial charge in [-0.15, -0.1) is 0 Å². The van der Waals surface area contributed by atoms with E-state index in [4.69, 9.17) is 14.2 Å². The highest BCUT2D eigenvalue weighted by molar-refractivity contribution is 5.92. The van der Waals surface area contributed by atoms with Crippen LogP contribution in [-0.4, -0.2) is 31.4 Å². The van der Waals surface area contributed by atoms with Gasteiger partial charge in [-0.05, 0) is 59.7 Å². The lowest BCUT2D eigenvalue weighted by molar-refractivity contribution is -0.218. The van der Waals surface area contributed by atoms with Crippen molar-refractivity contribution in [3.05, 3.63) is 78.1 Å². The Balaban J connectivity index is 1.24. The minimum Gasteiger partial charge on any atom is -0.484 e. The minimum absolute atomic E-state index is 0.166. The first-order chi connectivity index (χ1) is 16.1. The summed E-state index contributed by atoms with van der Waals surface area (Å²) >= 11 is 0. The molecule has 0 atom stereocenters. The van der Waals surface area contributed by atoms with Gasteiger partial charge in [0.15, 0.2) is 6.61 Å². The predicted octanol–water partition coefficient (Wildman–Crippen LogP) is 4.50. The van der Waals surface area contributed by atoms with E-state index in [9.17, 15) is 9.18 Å². The molecule has 2 aliphatic heterocycles. The predicted molar refractivity (Wildman–Crippen MR) is 123 cm³/mol. The normalized spacial score (nSPS) is 16.5. The molecular formula is C26H25FN2O4. The Kier molecular flexibility index (Phi) is 5.98. The zero-order valence-corrected chi connectivity index (χ0v) is 18.1. The van der Waals surface area contributed by atoms with E-state index in [0.29, 0.717) is 18.0 Å². The fourth-order valence-corrected chi connectivity index (χ4v) is 4.12. The third kappa shape index (κ3) is 4.99. The van der Waals surface area contributed by atoms with Crippen molar-refractivity contribution in [3.8, 4) is 22.6 Å². The van der Waals surface area contributed by atoms with Crippen LogP contribution in [0, 0.1) is 5.82 Å². The lowest BCUT2D eigenvalue weighted by Crippen LogP contribution is -2.49. The SMILES string of the molecule is O=C(COc1ccc(F)cc1)Nc1cccc(-c2ccc3c(c2)COC2(CCNCC2)O3)c1. The quantitative estimate of drug-likeness (QED) is 0.602. The number of hydrogen-bond donors (Lipinski definition) is 2. The maximum Gasteiger partial charge on any atom is 0.262 e. The third-order valence-electron chi connectivity index (χ3n) is 5.88. The molecule has 0 saturated carbocycles. The first-order valence-corrected chi connectivity index (χ1v) is 11.0. The molecular weight excluding hydrogens is 423 g/mol. The fourth-order valence-electron chi connectivity index (χ4n) is 4.12. The maximum atomic E-state index is 13.0. The van der Waals surface area contributed by atoms with Gasteiger partial charge >= 0.3 is 0 Å². The van der Waals surface area contributed by atoms with Crippen LogP contribution in [0.15, 0.2) is 66.7 Å². The number of nitrogens with one attached hydrogen (secondary N) is 2. The van der Waals surface area contributed by atoms with Gasteiger partial charge in [0.25, 0.3) is 5.91 Å². The van der Waals surface area contributed by atoms with E-state index in [1.165, 1.54) is 24.3 Å². The number of benzene rings is 3. The summed E-state index contributed by atoms with van der Waals surface area (Å²) < 4.78 is 30.7. The van der Waals surface area contributed by atoms with Crippen LogP contribution in [0.1, 0.15) is 18.4 Å². The molecule has 7 heteroatoms. The number of amides is 1. The number of ether oxygens (including phenoxy) is 3. The van der Waals surface area contributed by atoms with Crippen LogP contribution in [0.3, 0.4) is 0 Å². The van der Waals surface area contributed by atoms with E-state index in [1.54, 1.807) is 0 Å². The number of anilines is 1. The standard InChI is InChI=1S/C26H25FN2O4/c27-21-5-7-23(8-6-21)31-17-25(30)29-22-3-1-2-18(15-22)19-4-9-24-20(14-19)16-32-26(33-24)10-12-28-13-11-26/h1-9,14-15,28H,10-13,16-17H2,(H,29,30). The van der Waals surface area contributed by atoms with Crippen LogP contribution in [0.2, 0.25) is 0 Å². The number of hydrogen-bond acceptors (Lipinski definition) is 5. The smallest absolute Gasteiger partial charge is 0.262 e. The largest absolute Gasteiger partial charge is 0.484 e. The second kappa shape index (κ2) is 9.21. The van der Waals surface area contributed by atoms with Crippen LogP contribution in [-0.2, 0) is 16.1 Å². The van der Waals surface area contributed by atoms with Crippen molar-refractivity contribution in [2.45, 2.75) is 25.2 Å². The monoisotopic (exact) mass is 448 g/mol. The van der Waals surface area contributed by atoms with Gasteiger partial charge in [0.05, 0.1) is 6.61 Å². The van der Waals surface area contributed by atoms with Gasteiger partial charge in [0, 0.05) is 37.2 Å². The molecule has 1 amide bonds. The van der Waals surface area contributed by atoms with Gasteiger partial charge in [0.1, 0.15) is 17.3 Å². The average Bonchev–Trinajstić information content (AvgIpc) is 2.84. The lowest BCUT2D eigenvalue weighted by Gasteiger charge is -2.41. The highest BCUT2D eigenvalue weighted by atomic mass is 19.1. The molecule has 1 fully saturated rings. The van der Waals surface area contributed by atoms with Crippen LogP contribution >= 0.6 is 0 Å². The highest BCUT2D eigenvalue weighted by Crippen LogP contribution is 2.38. The minimum atomic E-state index is -0.514. The molecule has 0 aromatic heterocycles. The molecule has 33 heavy (non-hydrogen) atoms. The van der Waals surface area contributed by atoms with Gasteiger partial charge in [-0.25, -0.2) is 4.39 Å². The summed E-state index contributed by atoms with van der Waals surface area (Å²) in [6, 6.07) is 19.3. The Morgan fingerprint density at radius 3 is 2.64 bits per heavy atom. The Morgan fingerprint density at radius 1 is 1.03 bits per heavy atom. The molecule has 5 rings (SSSR count). The summed E-state index contributed by atoms with van der Waals surface area (Å²) in [6.07, 6.45) is 1.67. The molecule has 3 aromatic rings. The van der Waals surface area contributed by atoms with E-state index >= 15 is 0 Å². The van der Waals surface area contributed by atoms with Gasteiger partial charge in [-0.1, -0.05) is 18.2 Å². The number of rotatable bonds is 5. The van der Waals surface area contributed by atoms with E-state index < -0.39 is 5.79 Å². The van der Waals surface area contributed by atoms with E-state index in [-0.39, 0.29) is 18.3 Å². The number of piperidine rings is 1. The Morgan fingerprint density at radius 2 is 1.82 bits per heavy atom. The summed E-state index contributed by atoms with van der Waals surface area (Å²) in [5, 5.41) is 6.18. The van der Waals surface area contributed by atoms with Gasteiger partial charge in [-0.2, -0.15) is 0 Å². The average molecular weight is 448 g/mol. The molecule has 2 heterocycles. The fraction of sp³-hybridized carbons (Fsp3) is 0.269. The molecule has 2 N–H and O–H groups in total. The summed E-state index contributed by atoms with van der Waals surface area (Å²) in [5.41, 5.74) is 3.66.